The first kappa shape index (κ1) is 17.8. The molecule has 0 heterocycles. The third-order valence-corrected chi connectivity index (χ3v) is 4.93. The highest BCUT2D eigenvalue weighted by Crippen LogP contribution is 2.40. The molecule has 2 unspecified atom stereocenters. The molecular formula is C19H18Cl2N2O2. The fourth-order valence-corrected chi connectivity index (χ4v) is 3.15. The van der Waals surface area contributed by atoms with Gasteiger partial charge in [0.25, 0.3) is 0 Å². The van der Waals surface area contributed by atoms with E-state index in [0.717, 1.165) is 16.8 Å². The van der Waals surface area contributed by atoms with Gasteiger partial charge in [-0.25, -0.2) is 0 Å². The second-order valence-corrected chi connectivity index (χ2v) is 7.05. The predicted octanol–water partition coefficient (Wildman–Crippen LogP) is 4.19. The van der Waals surface area contributed by atoms with Gasteiger partial charge in [0.15, 0.2) is 0 Å². The topological polar surface area (TPSA) is 58.2 Å². The molecule has 1 aliphatic rings. The summed E-state index contributed by atoms with van der Waals surface area (Å²) < 4.78 is 0. The molecule has 1 saturated carbocycles. The van der Waals surface area contributed by atoms with Crippen LogP contribution in [0.3, 0.4) is 0 Å². The second-order valence-electron chi connectivity index (χ2n) is 6.21. The predicted molar refractivity (Wildman–Crippen MR) is 99.7 cm³/mol. The van der Waals surface area contributed by atoms with Crippen LogP contribution in [0.25, 0.3) is 0 Å². The molecule has 130 valence electrons. The van der Waals surface area contributed by atoms with E-state index in [4.69, 9.17) is 23.2 Å². The van der Waals surface area contributed by atoms with Crippen molar-refractivity contribution in [3.63, 3.8) is 0 Å². The summed E-state index contributed by atoms with van der Waals surface area (Å²) in [7, 11) is 0. The molecule has 2 atom stereocenters. The molecule has 0 spiro atoms. The summed E-state index contributed by atoms with van der Waals surface area (Å²) in [6.45, 7) is 2.24. The van der Waals surface area contributed by atoms with E-state index in [9.17, 15) is 9.59 Å². The number of carbonyl (C=O) groups excluding carboxylic acids is 2. The fourth-order valence-electron chi connectivity index (χ4n) is 2.72. The van der Waals surface area contributed by atoms with Gasteiger partial charge in [-0.1, -0.05) is 41.4 Å². The lowest BCUT2D eigenvalue weighted by atomic mass is 10.2. The zero-order valence-corrected chi connectivity index (χ0v) is 15.2. The first-order chi connectivity index (χ1) is 12.0. The van der Waals surface area contributed by atoms with Crippen LogP contribution in [0.15, 0.2) is 42.5 Å². The molecule has 1 aliphatic carbocycles. The highest BCUT2D eigenvalue weighted by molar-refractivity contribution is 6.31. The Kier molecular flexibility index (Phi) is 5.30. The van der Waals surface area contributed by atoms with Crippen LogP contribution in [0.1, 0.15) is 17.5 Å². The van der Waals surface area contributed by atoms with Gasteiger partial charge in [-0.15, -0.1) is 0 Å². The molecule has 0 radical (unpaired) electrons. The Hall–Kier alpha value is -2.04. The highest BCUT2D eigenvalue weighted by Gasteiger charge is 2.48. The summed E-state index contributed by atoms with van der Waals surface area (Å²) in [5, 5.41) is 6.96. The van der Waals surface area contributed by atoms with Crippen LogP contribution in [0, 0.1) is 18.8 Å². The summed E-state index contributed by atoms with van der Waals surface area (Å²) >= 11 is 12.0. The third kappa shape index (κ3) is 4.33. The van der Waals surface area contributed by atoms with Crippen molar-refractivity contribution in [2.75, 3.05) is 5.32 Å². The Labute approximate surface area is 156 Å². The Bertz CT molecular complexity index is 823. The van der Waals surface area contributed by atoms with Crippen LogP contribution in [0.2, 0.25) is 10.0 Å². The number of benzene rings is 2. The molecule has 0 bridgehead atoms. The number of hydrogen-bond acceptors (Lipinski definition) is 2. The monoisotopic (exact) mass is 376 g/mol. The van der Waals surface area contributed by atoms with Crippen LogP contribution in [-0.2, 0) is 16.1 Å². The zero-order chi connectivity index (χ0) is 18.0. The van der Waals surface area contributed by atoms with Gasteiger partial charge in [-0.2, -0.15) is 0 Å². The van der Waals surface area contributed by atoms with E-state index in [1.165, 1.54) is 0 Å². The van der Waals surface area contributed by atoms with E-state index in [-0.39, 0.29) is 23.7 Å². The van der Waals surface area contributed by atoms with E-state index in [0.29, 0.717) is 23.0 Å². The van der Waals surface area contributed by atoms with E-state index in [1.54, 1.807) is 24.3 Å². The number of carbonyl (C=O) groups is 2. The summed E-state index contributed by atoms with van der Waals surface area (Å²) in [4.78, 5) is 24.5. The highest BCUT2D eigenvalue weighted by atomic mass is 35.5. The number of amides is 2. The Morgan fingerprint density at radius 2 is 1.80 bits per heavy atom. The van der Waals surface area contributed by atoms with Crippen molar-refractivity contribution in [3.05, 3.63) is 63.6 Å². The lowest BCUT2D eigenvalue weighted by Gasteiger charge is -2.09. The fraction of sp³-hybridized carbons (Fsp3) is 0.263. The lowest BCUT2D eigenvalue weighted by molar-refractivity contribution is -0.125. The SMILES string of the molecule is Cc1cc(Cl)ccc1NC(=O)C1CC1C(=O)NCc1ccccc1Cl. The maximum absolute atomic E-state index is 12.3. The van der Waals surface area contributed by atoms with Crippen molar-refractivity contribution in [2.45, 2.75) is 19.9 Å². The number of anilines is 1. The molecule has 0 aromatic heterocycles. The minimum atomic E-state index is -0.290. The zero-order valence-electron chi connectivity index (χ0n) is 13.7. The van der Waals surface area contributed by atoms with Crippen LogP contribution in [0.4, 0.5) is 5.69 Å². The number of nitrogens with one attached hydrogen (secondary N) is 2. The minimum Gasteiger partial charge on any atom is -0.352 e. The molecule has 2 amide bonds. The molecule has 2 aromatic rings. The van der Waals surface area contributed by atoms with Crippen molar-refractivity contribution in [1.82, 2.24) is 5.32 Å². The standard InChI is InChI=1S/C19H18Cl2N2O2/c1-11-8-13(20)6-7-17(11)23-19(25)15-9-14(15)18(24)22-10-12-4-2-3-5-16(12)21/h2-8,14-15H,9-10H2,1H3,(H,22,24)(H,23,25). The second kappa shape index (κ2) is 7.46. The Morgan fingerprint density at radius 1 is 1.08 bits per heavy atom. The van der Waals surface area contributed by atoms with Crippen LogP contribution >= 0.6 is 23.2 Å². The van der Waals surface area contributed by atoms with Crippen LogP contribution in [-0.4, -0.2) is 11.8 Å². The average molecular weight is 377 g/mol. The average Bonchev–Trinajstić information content (AvgIpc) is 3.37. The maximum Gasteiger partial charge on any atom is 0.228 e. The molecule has 2 N–H and O–H groups in total. The van der Waals surface area contributed by atoms with E-state index < -0.39 is 0 Å². The van der Waals surface area contributed by atoms with Crippen molar-refractivity contribution in [1.29, 1.82) is 0 Å². The summed E-state index contributed by atoms with van der Waals surface area (Å²) in [5.41, 5.74) is 2.47. The molecule has 6 heteroatoms. The van der Waals surface area contributed by atoms with Gasteiger partial charge >= 0.3 is 0 Å². The molecule has 0 aliphatic heterocycles. The maximum atomic E-state index is 12.3. The van der Waals surface area contributed by atoms with Gasteiger partial charge < -0.3 is 10.6 Å². The summed E-state index contributed by atoms with van der Waals surface area (Å²) in [6.07, 6.45) is 0.562. The largest absolute Gasteiger partial charge is 0.352 e. The van der Waals surface area contributed by atoms with Crippen LogP contribution < -0.4 is 10.6 Å². The normalized spacial score (nSPS) is 18.5. The lowest BCUT2D eigenvalue weighted by Crippen LogP contribution is -2.27. The van der Waals surface area contributed by atoms with Gasteiger partial charge in [-0.05, 0) is 48.7 Å². The molecule has 1 fully saturated rings. The number of aryl methyl sites for hydroxylation is 1. The van der Waals surface area contributed by atoms with Crippen molar-refractivity contribution in [2.24, 2.45) is 11.8 Å². The first-order valence-electron chi connectivity index (χ1n) is 8.04. The van der Waals surface area contributed by atoms with E-state index >= 15 is 0 Å². The third-order valence-electron chi connectivity index (χ3n) is 4.32. The minimum absolute atomic E-state index is 0.118. The molecule has 0 saturated heterocycles. The van der Waals surface area contributed by atoms with E-state index in [1.807, 2.05) is 25.1 Å². The van der Waals surface area contributed by atoms with Gasteiger partial charge in [0.05, 0.1) is 11.8 Å². The Morgan fingerprint density at radius 3 is 2.52 bits per heavy atom. The van der Waals surface area contributed by atoms with Gasteiger partial charge in [-0.3, -0.25) is 9.59 Å². The number of halogens is 2. The van der Waals surface area contributed by atoms with Gasteiger partial charge in [0.2, 0.25) is 11.8 Å². The molecule has 4 nitrogen and oxygen atoms in total. The van der Waals surface area contributed by atoms with Crippen molar-refractivity contribution in [3.8, 4) is 0 Å². The van der Waals surface area contributed by atoms with Crippen molar-refractivity contribution < 1.29 is 9.59 Å². The van der Waals surface area contributed by atoms with Crippen LogP contribution in [0.5, 0.6) is 0 Å². The summed E-state index contributed by atoms with van der Waals surface area (Å²) in [5.74, 6) is -0.826. The van der Waals surface area contributed by atoms with Gasteiger partial charge in [0.1, 0.15) is 0 Å². The quantitative estimate of drug-likeness (QED) is 0.821. The Balaban J connectivity index is 1.52. The van der Waals surface area contributed by atoms with Crippen molar-refractivity contribution >= 4 is 40.7 Å². The van der Waals surface area contributed by atoms with Gasteiger partial charge in [0, 0.05) is 22.3 Å². The summed E-state index contributed by atoms with van der Waals surface area (Å²) in [6, 6.07) is 12.6. The molecule has 3 rings (SSSR count). The molecule has 2 aromatic carbocycles. The first-order valence-corrected chi connectivity index (χ1v) is 8.79. The number of hydrogen-bond donors (Lipinski definition) is 2. The molecule has 25 heavy (non-hydrogen) atoms. The van der Waals surface area contributed by atoms with E-state index in [2.05, 4.69) is 10.6 Å². The number of rotatable bonds is 5. The molecular weight excluding hydrogens is 359 g/mol. The smallest absolute Gasteiger partial charge is 0.228 e.